The Hall–Kier alpha value is -3.90. The van der Waals surface area contributed by atoms with Crippen LogP contribution in [0.1, 0.15) is 44.1 Å². The molecule has 1 N–H and O–H groups in total. The van der Waals surface area contributed by atoms with E-state index < -0.39 is 15.6 Å². The molecule has 49 heavy (non-hydrogen) atoms. The van der Waals surface area contributed by atoms with Crippen molar-refractivity contribution in [2.45, 2.75) is 58.7 Å². The number of halogens is 4. The van der Waals surface area contributed by atoms with Gasteiger partial charge in [0.15, 0.2) is 24.8 Å². The van der Waals surface area contributed by atoms with Gasteiger partial charge >= 0.3 is 5.51 Å². The van der Waals surface area contributed by atoms with E-state index in [1.807, 2.05) is 18.3 Å². The van der Waals surface area contributed by atoms with Crippen LogP contribution in [0, 0.1) is 11.8 Å². The molecule has 0 spiro atoms. The Morgan fingerprint density at radius 3 is 1.94 bits per heavy atom. The predicted octanol–water partition coefficient (Wildman–Crippen LogP) is 9.58. The van der Waals surface area contributed by atoms with Crippen LogP contribution in [-0.4, -0.2) is 29.4 Å². The van der Waals surface area contributed by atoms with Crippen LogP contribution in [-0.2, 0) is 25.8 Å². The van der Waals surface area contributed by atoms with Gasteiger partial charge in [0.2, 0.25) is 5.91 Å². The number of carbonyl (C=O) groups excluding carboxylic acids is 1. The number of alkyl halides is 3. The molecule has 1 heterocycles. The van der Waals surface area contributed by atoms with Crippen LogP contribution in [0.2, 0.25) is 5.02 Å². The van der Waals surface area contributed by atoms with Crippen molar-refractivity contribution in [1.29, 1.82) is 0 Å². The average molecular weight is 727 g/mol. The molecule has 6 rings (SSSR count). The first-order valence-electron chi connectivity index (χ1n) is 15.6. The molecule has 1 saturated carbocycles. The zero-order valence-corrected chi connectivity index (χ0v) is 28.8. The van der Waals surface area contributed by atoms with Gasteiger partial charge < -0.3 is 9.87 Å². The van der Waals surface area contributed by atoms with Crippen LogP contribution in [0.25, 0.3) is 10.9 Å². The van der Waals surface area contributed by atoms with E-state index in [4.69, 9.17) is 29.6 Å². The summed E-state index contributed by atoms with van der Waals surface area (Å²) in [6.07, 6.45) is 6.20. The maximum Gasteiger partial charge on any atom is 0.485 e. The van der Waals surface area contributed by atoms with Crippen molar-refractivity contribution in [3.8, 4) is 0 Å². The second-order valence-electron chi connectivity index (χ2n) is 11.8. The highest BCUT2D eigenvalue weighted by Crippen LogP contribution is 2.42. The molecule has 0 aliphatic heterocycles. The number of hydrogen-bond acceptors (Lipinski definition) is 5. The van der Waals surface area contributed by atoms with Gasteiger partial charge in [-0.25, -0.2) is 8.42 Å². The summed E-state index contributed by atoms with van der Waals surface area (Å²) < 4.78 is 58.9. The van der Waals surface area contributed by atoms with E-state index in [0.717, 1.165) is 36.9 Å². The van der Waals surface area contributed by atoms with Crippen LogP contribution >= 0.6 is 11.6 Å². The van der Waals surface area contributed by atoms with Gasteiger partial charge in [-0.1, -0.05) is 54.9 Å². The monoisotopic (exact) mass is 726 g/mol. The highest BCUT2D eigenvalue weighted by atomic mass is 35.5. The van der Waals surface area contributed by atoms with Crippen LogP contribution < -0.4 is 5.32 Å². The summed E-state index contributed by atoms with van der Waals surface area (Å²) in [7, 11) is -6.29. The molecular weight excluding hydrogens is 693 g/mol. The molecule has 1 fully saturated rings. The van der Waals surface area contributed by atoms with E-state index in [1.54, 1.807) is 12.1 Å². The lowest BCUT2D eigenvalue weighted by molar-refractivity contribution is -0.121. The maximum atomic E-state index is 13.0. The molecule has 6 nitrogen and oxygen atoms in total. The van der Waals surface area contributed by atoms with Crippen molar-refractivity contribution >= 4 is 55.1 Å². The van der Waals surface area contributed by atoms with Crippen molar-refractivity contribution in [2.24, 2.45) is 11.8 Å². The minimum Gasteiger partial charge on any atom is -0.741 e. The fourth-order valence-corrected chi connectivity index (χ4v) is 8.33. The second-order valence-corrected chi connectivity index (χ2v) is 15.6. The third-order valence-electron chi connectivity index (χ3n) is 8.67. The Kier molecular flexibility index (Phi) is 11.7. The van der Waals surface area contributed by atoms with E-state index in [9.17, 15) is 18.0 Å². The summed E-state index contributed by atoms with van der Waals surface area (Å²) in [6.45, 7) is 2.07. The minimum absolute atomic E-state index is 0.0360. The lowest BCUT2D eigenvalue weighted by Crippen LogP contribution is -2.29. The normalized spacial score (nSPS) is 17.2. The topological polar surface area (TPSA) is 99.2 Å². The molecule has 1 atom stereocenters. The average Bonchev–Trinajstić information content (AvgIpc) is 3.09. The molecule has 0 saturated heterocycles. The van der Waals surface area contributed by atoms with Crippen LogP contribution in [0.3, 0.4) is 0 Å². The third-order valence-corrected chi connectivity index (χ3v) is 11.7. The Bertz CT molecular complexity index is 1930. The van der Waals surface area contributed by atoms with Crippen molar-refractivity contribution < 1.29 is 30.9 Å². The number of hydrogen-bond donors (Lipinski definition) is 1. The van der Waals surface area contributed by atoms with Crippen molar-refractivity contribution in [2.75, 3.05) is 5.32 Å². The summed E-state index contributed by atoms with van der Waals surface area (Å²) in [5.74, 6) is 0.896. The fraction of sp³-hybridized carbons (Fsp3) is 0.243. The molecule has 1 aliphatic rings. The van der Waals surface area contributed by atoms with Gasteiger partial charge in [0.1, 0.15) is 0 Å². The molecule has 12 heteroatoms. The van der Waals surface area contributed by atoms with Gasteiger partial charge in [0.25, 0.3) is 0 Å². The molecule has 256 valence electrons. The molecule has 1 amide bonds. The quantitative estimate of drug-likeness (QED) is 0.102. The predicted molar refractivity (Wildman–Crippen MR) is 186 cm³/mol. The first-order chi connectivity index (χ1) is 23.3. The zero-order valence-electron chi connectivity index (χ0n) is 26.4. The Labute approximate surface area is 291 Å². The number of anilines is 1. The van der Waals surface area contributed by atoms with Gasteiger partial charge in [0.05, 0.1) is 16.4 Å². The Morgan fingerprint density at radius 1 is 0.857 bits per heavy atom. The first-order valence-corrected chi connectivity index (χ1v) is 18.6. The van der Waals surface area contributed by atoms with E-state index in [2.05, 4.69) is 97.2 Å². The van der Waals surface area contributed by atoms with Crippen molar-refractivity contribution in [3.63, 3.8) is 0 Å². The lowest BCUT2D eigenvalue weighted by atomic mass is 9.73. The number of fused-ring (bicyclic) bond motifs is 1. The van der Waals surface area contributed by atoms with Crippen molar-refractivity contribution in [3.05, 3.63) is 126 Å². The van der Waals surface area contributed by atoms with E-state index in [1.165, 1.54) is 25.6 Å². The van der Waals surface area contributed by atoms with Crippen molar-refractivity contribution in [1.82, 2.24) is 4.98 Å². The second kappa shape index (κ2) is 15.8. The minimum atomic E-state index is -6.09. The number of aromatic nitrogens is 1. The smallest absolute Gasteiger partial charge is 0.485 e. The summed E-state index contributed by atoms with van der Waals surface area (Å²) in [4.78, 5) is 21.7. The van der Waals surface area contributed by atoms with Crippen LogP contribution in [0.15, 0.2) is 130 Å². The first kappa shape index (κ1) is 36.4. The summed E-state index contributed by atoms with van der Waals surface area (Å²) in [6, 6.07) is 38.0. The Balaban J connectivity index is 0.000000523. The highest BCUT2D eigenvalue weighted by molar-refractivity contribution is 7.97. The Morgan fingerprint density at radius 2 is 1.41 bits per heavy atom. The van der Waals surface area contributed by atoms with Gasteiger partial charge in [0, 0.05) is 34.3 Å². The number of carbonyl (C=O) groups is 1. The number of nitrogens with zero attached hydrogens (tertiary/aromatic N) is 1. The molecular formula is C37H34ClF3N2O4S2. The van der Waals surface area contributed by atoms with Gasteiger partial charge in [-0.2, -0.15) is 13.2 Å². The SMILES string of the molecule is C[C@@H](C(=O)Nc1ccc(Cl)cc1)C1CCC(c2ccnc3ccc([S+](c4ccccc4)c4ccccc4)cc23)CC1.O=S(=O)([O-])C(F)(F)F. The standard InChI is InChI=1S/C36H33ClN2OS.CHF3O3S/c1-25(36(40)39-29-18-16-28(37)17-19-29)26-12-14-27(15-13-26)33-22-23-38-35-21-20-32(24-34(33)35)41(30-8-4-2-5-9-30)31-10-6-3-7-11-31;2-1(3,4)8(5,6)7/h2-11,16-27H,12-15H2,1H3;(H,5,6,7)/t25-,26?,27?;/m1./s1. The largest absolute Gasteiger partial charge is 0.741 e. The number of benzene rings is 4. The van der Waals surface area contributed by atoms with E-state index in [-0.39, 0.29) is 22.7 Å². The van der Waals surface area contributed by atoms with Crippen LogP contribution in [0.4, 0.5) is 18.9 Å². The number of rotatable bonds is 7. The van der Waals surface area contributed by atoms with Crippen LogP contribution in [0.5, 0.6) is 0 Å². The summed E-state index contributed by atoms with van der Waals surface area (Å²) >= 11 is 6.00. The van der Waals surface area contributed by atoms with Gasteiger partial charge in [-0.3, -0.25) is 9.78 Å². The molecule has 1 aliphatic carbocycles. The molecule has 1 aromatic heterocycles. The summed E-state index contributed by atoms with van der Waals surface area (Å²) in [5.41, 5.74) is -2.41. The summed E-state index contributed by atoms with van der Waals surface area (Å²) in [5, 5.41) is 5.00. The molecule has 4 aromatic carbocycles. The lowest BCUT2D eigenvalue weighted by Gasteiger charge is -2.32. The van der Waals surface area contributed by atoms with Gasteiger partial charge in [-0.15, -0.1) is 0 Å². The number of pyridine rings is 1. The zero-order chi connectivity index (χ0) is 35.2. The fourth-order valence-electron chi connectivity index (χ4n) is 6.08. The number of amides is 1. The molecule has 0 radical (unpaired) electrons. The third kappa shape index (κ3) is 9.21. The molecule has 0 unspecified atom stereocenters. The van der Waals surface area contributed by atoms with Gasteiger partial charge in [-0.05, 0) is 110 Å². The maximum absolute atomic E-state index is 13.0. The molecule has 5 aromatic rings. The highest BCUT2D eigenvalue weighted by Gasteiger charge is 2.37. The molecule has 0 bridgehead atoms. The van der Waals surface area contributed by atoms with E-state index in [0.29, 0.717) is 16.9 Å². The van der Waals surface area contributed by atoms with E-state index >= 15 is 0 Å². The number of nitrogens with one attached hydrogen (secondary N) is 1.